The van der Waals surface area contributed by atoms with E-state index in [4.69, 9.17) is 4.74 Å². The number of aryl methyl sites for hydroxylation is 1. The Morgan fingerprint density at radius 3 is 2.09 bits per heavy atom. The van der Waals surface area contributed by atoms with Gasteiger partial charge in [-0.3, -0.25) is 14.4 Å². The number of hydrogen-bond acceptors (Lipinski definition) is 4. The Labute approximate surface area is 266 Å². The fourth-order valence-electron chi connectivity index (χ4n) is 7.39. The summed E-state index contributed by atoms with van der Waals surface area (Å²) >= 11 is 0. The molecule has 0 aromatic heterocycles. The Bertz CT molecular complexity index is 1490. The Kier molecular flexibility index (Phi) is 9.96. The van der Waals surface area contributed by atoms with Gasteiger partial charge in [0, 0.05) is 29.2 Å². The van der Waals surface area contributed by atoms with Crippen LogP contribution in [0.25, 0.3) is 0 Å². The van der Waals surface area contributed by atoms with E-state index in [2.05, 4.69) is 38.2 Å². The summed E-state index contributed by atoms with van der Waals surface area (Å²) in [7, 11) is 0. The number of para-hydroxylation sites is 2. The van der Waals surface area contributed by atoms with Crippen LogP contribution in [0.2, 0.25) is 0 Å². The number of carboxylic acids is 2. The van der Waals surface area contributed by atoms with Gasteiger partial charge in [0.15, 0.2) is 0 Å². The van der Waals surface area contributed by atoms with Gasteiger partial charge in [0.05, 0.1) is 12.3 Å². The van der Waals surface area contributed by atoms with Gasteiger partial charge in [-0.05, 0) is 59.4 Å². The number of hydrogen-bond donors (Lipinski definition) is 3. The van der Waals surface area contributed by atoms with Crippen molar-refractivity contribution in [1.82, 2.24) is 0 Å². The van der Waals surface area contributed by atoms with E-state index in [0.717, 1.165) is 71.5 Å². The number of nitrogens with one attached hydrogen (secondary N) is 1. The van der Waals surface area contributed by atoms with Crippen LogP contribution < -0.4 is 10.1 Å². The van der Waals surface area contributed by atoms with Crippen molar-refractivity contribution in [3.05, 3.63) is 89.0 Å². The fourth-order valence-corrected chi connectivity index (χ4v) is 7.39. The van der Waals surface area contributed by atoms with Crippen molar-refractivity contribution >= 4 is 23.5 Å². The standard InChI is InChI=1S/C38H45NO6/c1-38(2,3)31-20-18-24(17-19-26(25-11-5-4-6-12-25)30(37(43)44)23-36(41)42)21-32(31)39-35(40)22-29-27-13-7-9-15-33(27)45-34-16-10-8-14-28(29)34/h7-10,13-16,18,20-21,25-26,29-30H,4-6,11-12,17,19,22-23H2,1-3H3,(H,39,40)(H,41,42)(H,43,44). The highest BCUT2D eigenvalue weighted by Crippen LogP contribution is 2.46. The van der Waals surface area contributed by atoms with Crippen molar-refractivity contribution in [2.45, 2.75) is 89.9 Å². The van der Waals surface area contributed by atoms with E-state index in [1.165, 1.54) is 0 Å². The van der Waals surface area contributed by atoms with Gasteiger partial charge < -0.3 is 20.3 Å². The first-order chi connectivity index (χ1) is 21.5. The smallest absolute Gasteiger partial charge is 0.307 e. The number of fused-ring (bicyclic) bond motifs is 2. The summed E-state index contributed by atoms with van der Waals surface area (Å²) in [5.74, 6) is -1.73. The summed E-state index contributed by atoms with van der Waals surface area (Å²) in [5.41, 5.74) is 4.52. The number of carbonyl (C=O) groups is 3. The molecule has 1 heterocycles. The van der Waals surface area contributed by atoms with Crippen molar-refractivity contribution in [3.8, 4) is 11.5 Å². The first-order valence-corrected chi connectivity index (χ1v) is 16.2. The minimum atomic E-state index is -1.07. The number of rotatable bonds is 11. The largest absolute Gasteiger partial charge is 0.481 e. The molecule has 1 aliphatic heterocycles. The molecular weight excluding hydrogens is 566 g/mol. The molecule has 0 radical (unpaired) electrons. The first-order valence-electron chi connectivity index (χ1n) is 16.2. The molecule has 238 valence electrons. The molecule has 7 heteroatoms. The molecule has 3 aromatic carbocycles. The first kappa shape index (κ1) is 32.3. The third-order valence-electron chi connectivity index (χ3n) is 9.61. The molecule has 1 aliphatic carbocycles. The summed E-state index contributed by atoms with van der Waals surface area (Å²) in [6.07, 6.45) is 6.23. The number of amides is 1. The van der Waals surface area contributed by atoms with Crippen LogP contribution in [0.5, 0.6) is 11.5 Å². The maximum atomic E-state index is 13.8. The Morgan fingerprint density at radius 2 is 1.51 bits per heavy atom. The van der Waals surface area contributed by atoms with Gasteiger partial charge in [-0.25, -0.2) is 0 Å². The summed E-state index contributed by atoms with van der Waals surface area (Å²) in [4.78, 5) is 37.6. The Balaban J connectivity index is 1.38. The molecule has 1 saturated carbocycles. The molecule has 45 heavy (non-hydrogen) atoms. The number of aliphatic carboxylic acids is 2. The highest BCUT2D eigenvalue weighted by molar-refractivity contribution is 5.93. The van der Waals surface area contributed by atoms with Gasteiger partial charge in [0.2, 0.25) is 5.91 Å². The number of carbonyl (C=O) groups excluding carboxylic acids is 1. The number of anilines is 1. The van der Waals surface area contributed by atoms with Gasteiger partial charge in [-0.1, -0.05) is 101 Å². The molecule has 7 nitrogen and oxygen atoms in total. The average Bonchev–Trinajstić information content (AvgIpc) is 3.00. The number of carboxylic acid groups (broad SMARTS) is 2. The van der Waals surface area contributed by atoms with Crippen molar-refractivity contribution in [2.24, 2.45) is 17.8 Å². The normalized spacial score (nSPS) is 16.5. The lowest BCUT2D eigenvalue weighted by Gasteiger charge is -2.34. The molecule has 1 amide bonds. The van der Waals surface area contributed by atoms with Crippen LogP contribution >= 0.6 is 0 Å². The second-order valence-electron chi connectivity index (χ2n) is 13.8. The van der Waals surface area contributed by atoms with Crippen LogP contribution in [-0.2, 0) is 26.2 Å². The van der Waals surface area contributed by atoms with Crippen molar-refractivity contribution in [1.29, 1.82) is 0 Å². The summed E-state index contributed by atoms with van der Waals surface area (Å²) in [5, 5.41) is 22.8. The molecule has 2 aliphatic rings. The van der Waals surface area contributed by atoms with Gasteiger partial charge in [0.1, 0.15) is 11.5 Å². The molecule has 0 bridgehead atoms. The second kappa shape index (κ2) is 13.9. The SMILES string of the molecule is CC(C)(C)c1ccc(CCC(C2CCCCC2)C(CC(=O)O)C(=O)O)cc1NC(=O)CC1c2ccccc2Oc2ccccc21. The van der Waals surface area contributed by atoms with Crippen LogP contribution in [0.1, 0.15) is 100 Å². The van der Waals surface area contributed by atoms with E-state index in [0.29, 0.717) is 12.8 Å². The highest BCUT2D eigenvalue weighted by atomic mass is 16.5. The van der Waals surface area contributed by atoms with Gasteiger partial charge >= 0.3 is 11.9 Å². The lowest BCUT2D eigenvalue weighted by molar-refractivity contribution is -0.151. The lowest BCUT2D eigenvalue weighted by Crippen LogP contribution is -2.33. The number of benzene rings is 3. The average molecular weight is 612 g/mol. The maximum absolute atomic E-state index is 13.8. The van der Waals surface area contributed by atoms with E-state index in [1.807, 2.05) is 54.6 Å². The predicted molar refractivity (Wildman–Crippen MR) is 175 cm³/mol. The lowest BCUT2D eigenvalue weighted by atomic mass is 9.70. The van der Waals surface area contributed by atoms with Crippen LogP contribution in [0, 0.1) is 17.8 Å². The molecular formula is C38H45NO6. The Hall–Kier alpha value is -4.13. The summed E-state index contributed by atoms with van der Waals surface area (Å²) in [6.45, 7) is 6.35. The predicted octanol–water partition coefficient (Wildman–Crippen LogP) is 8.56. The minimum absolute atomic E-state index is 0.0957. The van der Waals surface area contributed by atoms with E-state index in [-0.39, 0.29) is 41.9 Å². The van der Waals surface area contributed by atoms with Crippen LogP contribution in [0.4, 0.5) is 5.69 Å². The minimum Gasteiger partial charge on any atom is -0.481 e. The van der Waals surface area contributed by atoms with Gasteiger partial charge in [-0.2, -0.15) is 0 Å². The molecule has 3 N–H and O–H groups in total. The molecule has 2 atom stereocenters. The summed E-state index contributed by atoms with van der Waals surface area (Å²) in [6, 6.07) is 21.8. The van der Waals surface area contributed by atoms with E-state index >= 15 is 0 Å². The highest BCUT2D eigenvalue weighted by Gasteiger charge is 2.36. The molecule has 0 spiro atoms. The second-order valence-corrected chi connectivity index (χ2v) is 13.8. The molecule has 0 saturated heterocycles. The summed E-state index contributed by atoms with van der Waals surface area (Å²) < 4.78 is 6.13. The zero-order valence-corrected chi connectivity index (χ0v) is 26.6. The zero-order valence-electron chi connectivity index (χ0n) is 26.6. The van der Waals surface area contributed by atoms with Crippen LogP contribution in [0.3, 0.4) is 0 Å². The topological polar surface area (TPSA) is 113 Å². The van der Waals surface area contributed by atoms with E-state index < -0.39 is 17.9 Å². The molecule has 2 unspecified atom stereocenters. The quantitative estimate of drug-likeness (QED) is 0.200. The third-order valence-corrected chi connectivity index (χ3v) is 9.61. The van der Waals surface area contributed by atoms with Crippen molar-refractivity contribution < 1.29 is 29.3 Å². The monoisotopic (exact) mass is 611 g/mol. The van der Waals surface area contributed by atoms with Gasteiger partial charge in [0.25, 0.3) is 0 Å². The van der Waals surface area contributed by atoms with Crippen molar-refractivity contribution in [3.63, 3.8) is 0 Å². The van der Waals surface area contributed by atoms with E-state index in [9.17, 15) is 24.6 Å². The van der Waals surface area contributed by atoms with Crippen molar-refractivity contribution in [2.75, 3.05) is 5.32 Å². The van der Waals surface area contributed by atoms with Crippen LogP contribution in [0.15, 0.2) is 66.7 Å². The molecule has 5 rings (SSSR count). The molecule has 1 fully saturated rings. The third kappa shape index (κ3) is 7.75. The van der Waals surface area contributed by atoms with E-state index in [1.54, 1.807) is 0 Å². The zero-order chi connectivity index (χ0) is 32.1. The maximum Gasteiger partial charge on any atom is 0.307 e. The number of ether oxygens (including phenoxy) is 1. The Morgan fingerprint density at radius 1 is 0.889 bits per heavy atom. The van der Waals surface area contributed by atoms with Gasteiger partial charge in [-0.15, -0.1) is 0 Å². The van der Waals surface area contributed by atoms with Crippen LogP contribution in [-0.4, -0.2) is 28.1 Å². The fraction of sp³-hybridized carbons (Fsp3) is 0.447. The molecule has 3 aromatic rings.